The predicted molar refractivity (Wildman–Crippen MR) is 55.5 cm³/mol. The van der Waals surface area contributed by atoms with Crippen LogP contribution in [0.1, 0.15) is 26.3 Å². The minimum atomic E-state index is -0.203. The van der Waals surface area contributed by atoms with E-state index in [1.165, 1.54) is 12.1 Å². The number of halogens is 1. The SMILES string of the molecule is CC(C)C(C)OCc1ccc(F)cc1. The Labute approximate surface area is 84.9 Å². The molecule has 0 fully saturated rings. The largest absolute Gasteiger partial charge is 0.374 e. The Morgan fingerprint density at radius 3 is 2.21 bits per heavy atom. The second-order valence-electron chi connectivity index (χ2n) is 3.89. The molecule has 1 rings (SSSR count). The molecule has 1 nitrogen and oxygen atoms in total. The molecule has 78 valence electrons. The number of rotatable bonds is 4. The maximum Gasteiger partial charge on any atom is 0.123 e. The first kappa shape index (κ1) is 11.2. The summed E-state index contributed by atoms with van der Waals surface area (Å²) in [6.07, 6.45) is 0.236. The standard InChI is InChI=1S/C12H17FO/c1-9(2)10(3)14-8-11-4-6-12(13)7-5-11/h4-7,9-10H,8H2,1-3H3. The first-order chi connectivity index (χ1) is 6.59. The Morgan fingerprint density at radius 2 is 1.71 bits per heavy atom. The number of hydrogen-bond donors (Lipinski definition) is 0. The molecule has 1 aromatic carbocycles. The molecule has 0 saturated heterocycles. The fourth-order valence-corrected chi connectivity index (χ4v) is 1.00. The molecule has 1 atom stereocenters. The van der Waals surface area contributed by atoms with Gasteiger partial charge < -0.3 is 4.74 Å². The highest BCUT2D eigenvalue weighted by atomic mass is 19.1. The second kappa shape index (κ2) is 5.11. The molecular weight excluding hydrogens is 179 g/mol. The van der Waals surface area contributed by atoms with Gasteiger partial charge in [0.25, 0.3) is 0 Å². The minimum absolute atomic E-state index is 0.203. The van der Waals surface area contributed by atoms with Crippen molar-refractivity contribution >= 4 is 0 Å². The summed E-state index contributed by atoms with van der Waals surface area (Å²) < 4.78 is 18.2. The van der Waals surface area contributed by atoms with E-state index in [2.05, 4.69) is 13.8 Å². The van der Waals surface area contributed by atoms with Crippen LogP contribution in [-0.2, 0) is 11.3 Å². The Hall–Kier alpha value is -0.890. The van der Waals surface area contributed by atoms with Gasteiger partial charge in [-0.05, 0) is 30.5 Å². The zero-order valence-electron chi connectivity index (χ0n) is 8.96. The average Bonchev–Trinajstić information content (AvgIpc) is 2.16. The number of ether oxygens (including phenoxy) is 1. The quantitative estimate of drug-likeness (QED) is 0.717. The van der Waals surface area contributed by atoms with E-state index < -0.39 is 0 Å². The van der Waals surface area contributed by atoms with Gasteiger partial charge >= 0.3 is 0 Å². The van der Waals surface area contributed by atoms with Gasteiger partial charge in [-0.25, -0.2) is 4.39 Å². The molecule has 0 aliphatic rings. The van der Waals surface area contributed by atoms with E-state index in [9.17, 15) is 4.39 Å². The fourth-order valence-electron chi connectivity index (χ4n) is 1.00. The van der Waals surface area contributed by atoms with Crippen molar-refractivity contribution in [3.8, 4) is 0 Å². The molecule has 2 heteroatoms. The van der Waals surface area contributed by atoms with E-state index in [4.69, 9.17) is 4.74 Å². The van der Waals surface area contributed by atoms with Crippen LogP contribution in [0.3, 0.4) is 0 Å². The van der Waals surface area contributed by atoms with Gasteiger partial charge in [0.1, 0.15) is 5.82 Å². The summed E-state index contributed by atoms with van der Waals surface area (Å²) in [7, 11) is 0. The third-order valence-corrected chi connectivity index (χ3v) is 2.36. The van der Waals surface area contributed by atoms with Crippen LogP contribution in [0, 0.1) is 11.7 Å². The van der Waals surface area contributed by atoms with Crippen LogP contribution in [0.25, 0.3) is 0 Å². The lowest BCUT2D eigenvalue weighted by Crippen LogP contribution is -2.14. The Morgan fingerprint density at radius 1 is 1.14 bits per heavy atom. The van der Waals surface area contributed by atoms with Gasteiger partial charge in [0.2, 0.25) is 0 Å². The maximum absolute atomic E-state index is 12.6. The summed E-state index contributed by atoms with van der Waals surface area (Å²) in [4.78, 5) is 0. The van der Waals surface area contributed by atoms with Crippen LogP contribution in [0.5, 0.6) is 0 Å². The molecule has 0 saturated carbocycles. The van der Waals surface area contributed by atoms with Crippen molar-refractivity contribution in [1.82, 2.24) is 0 Å². The molecule has 0 amide bonds. The molecule has 1 aromatic rings. The molecule has 0 spiro atoms. The van der Waals surface area contributed by atoms with E-state index in [-0.39, 0.29) is 11.9 Å². The van der Waals surface area contributed by atoms with Crippen molar-refractivity contribution in [3.05, 3.63) is 35.6 Å². The van der Waals surface area contributed by atoms with E-state index in [1.54, 1.807) is 12.1 Å². The third kappa shape index (κ3) is 3.46. The van der Waals surface area contributed by atoms with Gasteiger partial charge in [0, 0.05) is 0 Å². The Kier molecular flexibility index (Phi) is 4.08. The van der Waals surface area contributed by atoms with Crippen LogP contribution in [0.2, 0.25) is 0 Å². The molecule has 0 radical (unpaired) electrons. The van der Waals surface area contributed by atoms with E-state index in [0.717, 1.165) is 5.56 Å². The Bertz CT molecular complexity index is 266. The van der Waals surface area contributed by atoms with Crippen LogP contribution >= 0.6 is 0 Å². The first-order valence-corrected chi connectivity index (χ1v) is 4.95. The lowest BCUT2D eigenvalue weighted by molar-refractivity contribution is 0.0235. The molecule has 0 N–H and O–H groups in total. The molecule has 0 aliphatic heterocycles. The normalized spacial score (nSPS) is 13.2. The summed E-state index contributed by atoms with van der Waals surface area (Å²) in [6, 6.07) is 6.42. The van der Waals surface area contributed by atoms with Crippen molar-refractivity contribution < 1.29 is 9.13 Å². The lowest BCUT2D eigenvalue weighted by Gasteiger charge is -2.16. The van der Waals surface area contributed by atoms with Crippen molar-refractivity contribution in [2.75, 3.05) is 0 Å². The predicted octanol–water partition coefficient (Wildman–Crippen LogP) is 3.39. The first-order valence-electron chi connectivity index (χ1n) is 4.95. The maximum atomic E-state index is 12.6. The van der Waals surface area contributed by atoms with E-state index in [1.807, 2.05) is 6.92 Å². The van der Waals surface area contributed by atoms with Crippen molar-refractivity contribution in [3.63, 3.8) is 0 Å². The molecular formula is C12H17FO. The van der Waals surface area contributed by atoms with E-state index >= 15 is 0 Å². The van der Waals surface area contributed by atoms with Crippen LogP contribution in [0.4, 0.5) is 4.39 Å². The topological polar surface area (TPSA) is 9.23 Å². The molecule has 0 aliphatic carbocycles. The molecule has 0 aromatic heterocycles. The fraction of sp³-hybridized carbons (Fsp3) is 0.500. The van der Waals surface area contributed by atoms with Gasteiger partial charge in [-0.15, -0.1) is 0 Å². The highest BCUT2D eigenvalue weighted by molar-refractivity contribution is 5.14. The summed E-state index contributed by atoms with van der Waals surface area (Å²) in [5, 5.41) is 0. The van der Waals surface area contributed by atoms with Crippen LogP contribution in [0.15, 0.2) is 24.3 Å². The van der Waals surface area contributed by atoms with Gasteiger partial charge in [0.15, 0.2) is 0 Å². The smallest absolute Gasteiger partial charge is 0.123 e. The average molecular weight is 196 g/mol. The molecule has 14 heavy (non-hydrogen) atoms. The molecule has 0 bridgehead atoms. The lowest BCUT2D eigenvalue weighted by atomic mass is 10.1. The number of hydrogen-bond acceptors (Lipinski definition) is 1. The van der Waals surface area contributed by atoms with Gasteiger partial charge in [0.05, 0.1) is 12.7 Å². The zero-order chi connectivity index (χ0) is 10.6. The molecule has 0 heterocycles. The summed E-state index contributed by atoms with van der Waals surface area (Å²) in [5.41, 5.74) is 1.01. The van der Waals surface area contributed by atoms with Crippen molar-refractivity contribution in [1.29, 1.82) is 0 Å². The second-order valence-corrected chi connectivity index (χ2v) is 3.89. The highest BCUT2D eigenvalue weighted by Gasteiger charge is 2.06. The summed E-state index contributed by atoms with van der Waals surface area (Å²) >= 11 is 0. The molecule has 1 unspecified atom stereocenters. The van der Waals surface area contributed by atoms with Crippen LogP contribution < -0.4 is 0 Å². The van der Waals surface area contributed by atoms with Gasteiger partial charge in [-0.2, -0.15) is 0 Å². The third-order valence-electron chi connectivity index (χ3n) is 2.36. The van der Waals surface area contributed by atoms with Gasteiger partial charge in [-0.1, -0.05) is 26.0 Å². The summed E-state index contributed by atoms with van der Waals surface area (Å²) in [5.74, 6) is 0.307. The summed E-state index contributed by atoms with van der Waals surface area (Å²) in [6.45, 7) is 6.85. The van der Waals surface area contributed by atoms with Crippen LogP contribution in [-0.4, -0.2) is 6.10 Å². The Balaban J connectivity index is 2.42. The highest BCUT2D eigenvalue weighted by Crippen LogP contribution is 2.10. The minimum Gasteiger partial charge on any atom is -0.374 e. The van der Waals surface area contributed by atoms with Crippen molar-refractivity contribution in [2.24, 2.45) is 5.92 Å². The monoisotopic (exact) mass is 196 g/mol. The number of benzene rings is 1. The van der Waals surface area contributed by atoms with E-state index in [0.29, 0.717) is 12.5 Å². The zero-order valence-corrected chi connectivity index (χ0v) is 8.96. The van der Waals surface area contributed by atoms with Crippen molar-refractivity contribution in [2.45, 2.75) is 33.5 Å². The van der Waals surface area contributed by atoms with Gasteiger partial charge in [-0.3, -0.25) is 0 Å².